The van der Waals surface area contributed by atoms with E-state index in [0.717, 1.165) is 48.5 Å². The Morgan fingerprint density at radius 3 is 2.30 bits per heavy atom. The maximum absolute atomic E-state index is 12.3. The zero-order valence-electron chi connectivity index (χ0n) is 15.1. The van der Waals surface area contributed by atoms with Crippen molar-refractivity contribution in [1.29, 1.82) is 0 Å². The second kappa shape index (κ2) is 8.08. The summed E-state index contributed by atoms with van der Waals surface area (Å²) in [4.78, 5) is 31.0. The van der Waals surface area contributed by atoms with Crippen LogP contribution in [-0.4, -0.2) is 60.8 Å². The van der Waals surface area contributed by atoms with Crippen LogP contribution in [0.3, 0.4) is 0 Å². The quantitative estimate of drug-likeness (QED) is 0.493. The Hall–Kier alpha value is -1.77. The number of fused-ring (bicyclic) bond motifs is 1. The van der Waals surface area contributed by atoms with E-state index in [1.807, 2.05) is 18.2 Å². The van der Waals surface area contributed by atoms with Gasteiger partial charge in [0.1, 0.15) is 0 Å². The van der Waals surface area contributed by atoms with Gasteiger partial charge < -0.3 is 4.90 Å². The van der Waals surface area contributed by atoms with E-state index in [2.05, 4.69) is 56.7 Å². The van der Waals surface area contributed by atoms with E-state index >= 15 is 0 Å². The summed E-state index contributed by atoms with van der Waals surface area (Å²) in [6.07, 6.45) is 0. The van der Waals surface area contributed by atoms with Crippen molar-refractivity contribution in [3.8, 4) is 0 Å². The summed E-state index contributed by atoms with van der Waals surface area (Å²) in [7, 11) is 0. The molecule has 27 heavy (non-hydrogen) atoms. The second-order valence-corrected chi connectivity index (χ2v) is 8.30. The van der Waals surface area contributed by atoms with Gasteiger partial charge in [0.05, 0.1) is 11.3 Å². The summed E-state index contributed by atoms with van der Waals surface area (Å²) in [6.45, 7) is 6.37. The van der Waals surface area contributed by atoms with E-state index in [9.17, 15) is 9.59 Å². The van der Waals surface area contributed by atoms with Crippen LogP contribution >= 0.6 is 22.6 Å². The van der Waals surface area contributed by atoms with Crippen LogP contribution in [0.1, 0.15) is 15.9 Å². The molecule has 1 saturated heterocycles. The Labute approximate surface area is 173 Å². The molecular weight excluding hydrogens is 453 g/mol. The predicted molar refractivity (Wildman–Crippen MR) is 114 cm³/mol. The Kier molecular flexibility index (Phi) is 5.56. The minimum atomic E-state index is -0.394. The van der Waals surface area contributed by atoms with Crippen LogP contribution in [0.2, 0.25) is 0 Å². The van der Waals surface area contributed by atoms with E-state index in [4.69, 9.17) is 0 Å². The molecule has 6 heteroatoms. The number of rotatable bonds is 5. The molecule has 0 aromatic heterocycles. The number of piperazine rings is 1. The number of anilines is 1. The smallest absolute Gasteiger partial charge is 0.299 e. The van der Waals surface area contributed by atoms with Gasteiger partial charge in [-0.05, 0) is 46.4 Å². The van der Waals surface area contributed by atoms with Crippen LogP contribution < -0.4 is 4.90 Å². The summed E-state index contributed by atoms with van der Waals surface area (Å²) in [5, 5.41) is 0. The number of ketones is 1. The molecule has 0 atom stereocenters. The molecule has 2 aliphatic rings. The first-order chi connectivity index (χ1) is 13.1. The van der Waals surface area contributed by atoms with Gasteiger partial charge in [-0.1, -0.05) is 30.3 Å². The van der Waals surface area contributed by atoms with Crippen LogP contribution in [0, 0.1) is 3.57 Å². The van der Waals surface area contributed by atoms with Gasteiger partial charge in [0.25, 0.3) is 11.7 Å². The maximum atomic E-state index is 12.3. The fourth-order valence-corrected chi connectivity index (χ4v) is 4.24. The highest BCUT2D eigenvalue weighted by Gasteiger charge is 2.35. The van der Waals surface area contributed by atoms with Gasteiger partial charge in [-0.15, -0.1) is 0 Å². The Bertz CT molecular complexity index is 848. The molecule has 1 amide bonds. The van der Waals surface area contributed by atoms with Gasteiger partial charge in [-0.3, -0.25) is 19.4 Å². The summed E-state index contributed by atoms with van der Waals surface area (Å²) in [5.41, 5.74) is 2.64. The third-order valence-electron chi connectivity index (χ3n) is 5.29. The summed E-state index contributed by atoms with van der Waals surface area (Å²) >= 11 is 2.17. The topological polar surface area (TPSA) is 43.9 Å². The van der Waals surface area contributed by atoms with Gasteiger partial charge in [0.15, 0.2) is 0 Å². The first-order valence-electron chi connectivity index (χ1n) is 9.26. The van der Waals surface area contributed by atoms with Crippen molar-refractivity contribution in [3.05, 3.63) is 63.2 Å². The Balaban J connectivity index is 1.31. The fourth-order valence-electron chi connectivity index (χ4n) is 3.75. The molecule has 0 saturated carbocycles. The molecule has 2 heterocycles. The molecule has 4 rings (SSSR count). The largest absolute Gasteiger partial charge is 0.303 e. The van der Waals surface area contributed by atoms with Gasteiger partial charge in [0.2, 0.25) is 0 Å². The molecule has 0 N–H and O–H groups in total. The molecule has 2 aromatic rings. The molecule has 140 valence electrons. The Morgan fingerprint density at radius 2 is 1.56 bits per heavy atom. The third kappa shape index (κ3) is 4.07. The van der Waals surface area contributed by atoms with Gasteiger partial charge in [-0.25, -0.2) is 0 Å². The summed E-state index contributed by atoms with van der Waals surface area (Å²) in [6, 6.07) is 16.2. The number of hydrogen-bond donors (Lipinski definition) is 0. The van der Waals surface area contributed by atoms with Crippen molar-refractivity contribution in [3.63, 3.8) is 0 Å². The number of benzene rings is 2. The number of carbonyl (C=O) groups excluding carboxylic acids is 2. The lowest BCUT2D eigenvalue weighted by Gasteiger charge is -2.35. The van der Waals surface area contributed by atoms with Crippen molar-refractivity contribution in [2.24, 2.45) is 0 Å². The molecule has 0 bridgehead atoms. The molecule has 1 fully saturated rings. The molecule has 0 radical (unpaired) electrons. The first-order valence-corrected chi connectivity index (χ1v) is 10.3. The van der Waals surface area contributed by atoms with E-state index in [-0.39, 0.29) is 5.78 Å². The highest BCUT2D eigenvalue weighted by molar-refractivity contribution is 14.1. The first kappa shape index (κ1) is 18.6. The highest BCUT2D eigenvalue weighted by atomic mass is 127. The molecule has 2 aliphatic heterocycles. The highest BCUT2D eigenvalue weighted by Crippen LogP contribution is 2.30. The Morgan fingerprint density at radius 1 is 0.852 bits per heavy atom. The molecule has 2 aromatic carbocycles. The van der Waals surface area contributed by atoms with Crippen LogP contribution in [0.5, 0.6) is 0 Å². The van der Waals surface area contributed by atoms with E-state index in [0.29, 0.717) is 12.1 Å². The van der Waals surface area contributed by atoms with Crippen molar-refractivity contribution >= 4 is 40.0 Å². The van der Waals surface area contributed by atoms with Gasteiger partial charge >= 0.3 is 0 Å². The van der Waals surface area contributed by atoms with Crippen molar-refractivity contribution in [1.82, 2.24) is 9.80 Å². The summed E-state index contributed by atoms with van der Waals surface area (Å²) < 4.78 is 0.976. The number of halogens is 1. The number of hydrogen-bond acceptors (Lipinski definition) is 4. The van der Waals surface area contributed by atoms with Crippen molar-refractivity contribution < 1.29 is 9.59 Å². The van der Waals surface area contributed by atoms with Gasteiger partial charge in [0, 0.05) is 49.4 Å². The van der Waals surface area contributed by atoms with Crippen LogP contribution in [-0.2, 0) is 11.3 Å². The van der Waals surface area contributed by atoms with E-state index in [1.165, 1.54) is 5.56 Å². The van der Waals surface area contributed by atoms with E-state index < -0.39 is 5.91 Å². The van der Waals surface area contributed by atoms with E-state index in [1.54, 1.807) is 11.0 Å². The fraction of sp³-hybridized carbons (Fsp3) is 0.333. The molecule has 0 spiro atoms. The van der Waals surface area contributed by atoms with Crippen molar-refractivity contribution in [2.75, 3.05) is 44.2 Å². The summed E-state index contributed by atoms with van der Waals surface area (Å²) in [5.74, 6) is -0.772. The molecule has 0 aliphatic carbocycles. The maximum Gasteiger partial charge on any atom is 0.299 e. The SMILES string of the molecule is O=C1C(=O)N(CCN2CCN(Cc3ccccc3)CC2)c2ccc(I)cc21. The molecule has 5 nitrogen and oxygen atoms in total. The lowest BCUT2D eigenvalue weighted by atomic mass is 10.1. The van der Waals surface area contributed by atoms with Crippen molar-refractivity contribution in [2.45, 2.75) is 6.54 Å². The van der Waals surface area contributed by atoms with Gasteiger partial charge in [-0.2, -0.15) is 0 Å². The van der Waals surface area contributed by atoms with Crippen LogP contribution in [0.15, 0.2) is 48.5 Å². The number of Topliss-reactive ketones (excluding diaryl/α,β-unsaturated/α-hetero) is 1. The standard InChI is InChI=1S/C21H22IN3O2/c22-17-6-7-19-18(14-17)20(26)21(27)25(19)13-12-23-8-10-24(11-9-23)15-16-4-2-1-3-5-16/h1-7,14H,8-13,15H2. The lowest BCUT2D eigenvalue weighted by molar-refractivity contribution is -0.114. The molecular formula is C21H22IN3O2. The number of carbonyl (C=O) groups is 2. The minimum absolute atomic E-state index is 0.379. The third-order valence-corrected chi connectivity index (χ3v) is 5.96. The monoisotopic (exact) mass is 475 g/mol. The number of nitrogens with zero attached hydrogens (tertiary/aromatic N) is 3. The average Bonchev–Trinajstić information content (AvgIpc) is 2.92. The lowest BCUT2D eigenvalue weighted by Crippen LogP contribution is -2.48. The zero-order valence-corrected chi connectivity index (χ0v) is 17.3. The normalized spacial score (nSPS) is 18.2. The second-order valence-electron chi connectivity index (χ2n) is 7.05. The number of amides is 1. The average molecular weight is 475 g/mol. The van der Waals surface area contributed by atoms with Crippen LogP contribution in [0.4, 0.5) is 5.69 Å². The zero-order chi connectivity index (χ0) is 18.8. The predicted octanol–water partition coefficient (Wildman–Crippen LogP) is 2.64. The molecule has 0 unspecified atom stereocenters. The van der Waals surface area contributed by atoms with Crippen LogP contribution in [0.25, 0.3) is 0 Å². The minimum Gasteiger partial charge on any atom is -0.303 e.